The highest BCUT2D eigenvalue weighted by Gasteiger charge is 2.17. The average molecular weight is 208 g/mol. The topological polar surface area (TPSA) is 26.3 Å². The van der Waals surface area contributed by atoms with Gasteiger partial charge in [0.2, 0.25) is 0 Å². The number of ketones is 1. The Bertz CT molecular complexity index is 360. The minimum Gasteiger partial charge on any atom is -0.494 e. The Kier molecular flexibility index (Phi) is 2.77. The highest BCUT2D eigenvalue weighted by Crippen LogP contribution is 2.32. The van der Waals surface area contributed by atoms with E-state index in [1.165, 1.54) is 0 Å². The molecule has 3 heteroatoms. The zero-order valence-corrected chi connectivity index (χ0v) is 8.89. The van der Waals surface area contributed by atoms with Crippen molar-refractivity contribution in [2.75, 3.05) is 12.4 Å². The van der Waals surface area contributed by atoms with E-state index in [2.05, 4.69) is 0 Å². The van der Waals surface area contributed by atoms with Crippen LogP contribution in [0.4, 0.5) is 0 Å². The Hall–Kier alpha value is -0.960. The van der Waals surface area contributed by atoms with Crippen LogP contribution in [0.5, 0.6) is 5.75 Å². The van der Waals surface area contributed by atoms with E-state index in [1.54, 1.807) is 11.8 Å². The van der Waals surface area contributed by atoms with Crippen molar-refractivity contribution in [3.05, 3.63) is 23.8 Å². The van der Waals surface area contributed by atoms with Crippen LogP contribution >= 0.6 is 11.8 Å². The molecule has 1 aliphatic rings. The van der Waals surface area contributed by atoms with E-state index in [9.17, 15) is 4.79 Å². The Morgan fingerprint density at radius 2 is 2.36 bits per heavy atom. The molecule has 1 aromatic carbocycles. The second-order valence-corrected chi connectivity index (χ2v) is 4.25. The molecule has 0 unspecified atom stereocenters. The summed E-state index contributed by atoms with van der Waals surface area (Å²) in [6.07, 6.45) is 0.646. The van der Waals surface area contributed by atoms with Gasteiger partial charge in [-0.05, 0) is 25.1 Å². The monoisotopic (exact) mass is 208 g/mol. The van der Waals surface area contributed by atoms with Gasteiger partial charge in [-0.3, -0.25) is 4.79 Å². The molecule has 0 amide bonds. The predicted octanol–water partition coefficient (Wildman–Crippen LogP) is 2.76. The lowest BCUT2D eigenvalue weighted by atomic mass is 10.1. The first kappa shape index (κ1) is 9.59. The first-order chi connectivity index (χ1) is 6.81. The van der Waals surface area contributed by atoms with Crippen LogP contribution < -0.4 is 4.74 Å². The van der Waals surface area contributed by atoms with Crippen molar-refractivity contribution < 1.29 is 9.53 Å². The van der Waals surface area contributed by atoms with Gasteiger partial charge in [0, 0.05) is 22.6 Å². The van der Waals surface area contributed by atoms with E-state index < -0.39 is 0 Å². The molecule has 0 bridgehead atoms. The van der Waals surface area contributed by atoms with Gasteiger partial charge in [0.15, 0.2) is 5.78 Å². The number of hydrogen-bond acceptors (Lipinski definition) is 3. The molecule has 1 aliphatic heterocycles. The fourth-order valence-corrected chi connectivity index (χ4v) is 2.50. The average Bonchev–Trinajstić information content (AvgIpc) is 2.20. The van der Waals surface area contributed by atoms with Crippen molar-refractivity contribution in [1.29, 1.82) is 0 Å². The lowest BCUT2D eigenvalue weighted by molar-refractivity contribution is 0.0984. The minimum atomic E-state index is 0.236. The van der Waals surface area contributed by atoms with Gasteiger partial charge in [0.05, 0.1) is 6.61 Å². The van der Waals surface area contributed by atoms with Crippen LogP contribution in [0, 0.1) is 0 Å². The number of rotatable bonds is 2. The summed E-state index contributed by atoms with van der Waals surface area (Å²) in [6, 6.07) is 5.75. The molecule has 0 spiro atoms. The molecule has 0 fully saturated rings. The quantitative estimate of drug-likeness (QED) is 0.747. The van der Waals surface area contributed by atoms with E-state index in [1.807, 2.05) is 25.1 Å². The van der Waals surface area contributed by atoms with Crippen molar-refractivity contribution in [2.45, 2.75) is 18.2 Å². The van der Waals surface area contributed by atoms with Crippen LogP contribution in [-0.4, -0.2) is 18.1 Å². The van der Waals surface area contributed by atoms with Crippen LogP contribution in [-0.2, 0) is 0 Å². The molecule has 1 aromatic rings. The lowest BCUT2D eigenvalue weighted by Gasteiger charge is -2.14. The largest absolute Gasteiger partial charge is 0.494 e. The van der Waals surface area contributed by atoms with Gasteiger partial charge >= 0.3 is 0 Å². The summed E-state index contributed by atoms with van der Waals surface area (Å²) in [7, 11) is 0. The number of carbonyl (C=O) groups is 1. The third-order valence-corrected chi connectivity index (χ3v) is 3.22. The summed E-state index contributed by atoms with van der Waals surface area (Å²) in [5, 5.41) is 0. The molecular formula is C11H12O2S. The molecule has 0 saturated carbocycles. The molecular weight excluding hydrogens is 196 g/mol. The molecule has 1 heterocycles. The fourth-order valence-electron chi connectivity index (χ4n) is 1.50. The molecule has 0 aromatic heterocycles. The molecule has 2 rings (SSSR count). The maximum atomic E-state index is 11.6. The summed E-state index contributed by atoms with van der Waals surface area (Å²) in [4.78, 5) is 12.7. The number of thioether (sulfide) groups is 1. The lowest BCUT2D eigenvalue weighted by Crippen LogP contribution is -2.08. The van der Waals surface area contributed by atoms with Crippen LogP contribution in [0.3, 0.4) is 0 Å². The summed E-state index contributed by atoms with van der Waals surface area (Å²) in [5.74, 6) is 1.93. The van der Waals surface area contributed by atoms with Crippen molar-refractivity contribution in [2.24, 2.45) is 0 Å². The zero-order valence-electron chi connectivity index (χ0n) is 8.08. The highest BCUT2D eigenvalue weighted by molar-refractivity contribution is 7.99. The molecule has 0 saturated heterocycles. The molecule has 0 N–H and O–H groups in total. The van der Waals surface area contributed by atoms with Gasteiger partial charge in [-0.1, -0.05) is 0 Å². The van der Waals surface area contributed by atoms with Crippen LogP contribution in [0.1, 0.15) is 23.7 Å². The van der Waals surface area contributed by atoms with E-state index in [0.29, 0.717) is 13.0 Å². The van der Waals surface area contributed by atoms with Crippen LogP contribution in [0.2, 0.25) is 0 Å². The molecule has 2 nitrogen and oxygen atoms in total. The van der Waals surface area contributed by atoms with Crippen LogP contribution in [0.25, 0.3) is 0 Å². The Morgan fingerprint density at radius 1 is 1.50 bits per heavy atom. The van der Waals surface area contributed by atoms with Gasteiger partial charge in [-0.15, -0.1) is 11.8 Å². The number of Topliss-reactive ketones (excluding diaryl/α,β-unsaturated/α-hetero) is 1. The van der Waals surface area contributed by atoms with E-state index in [0.717, 1.165) is 22.0 Å². The van der Waals surface area contributed by atoms with Gasteiger partial charge in [-0.25, -0.2) is 0 Å². The second kappa shape index (κ2) is 4.05. The molecule has 0 atom stereocenters. The molecule has 0 aliphatic carbocycles. The summed E-state index contributed by atoms with van der Waals surface area (Å²) in [5.41, 5.74) is 0.826. The number of ether oxygens (including phenoxy) is 1. The van der Waals surface area contributed by atoms with E-state index in [-0.39, 0.29) is 5.78 Å². The first-order valence-electron chi connectivity index (χ1n) is 4.74. The van der Waals surface area contributed by atoms with Crippen molar-refractivity contribution in [3.8, 4) is 5.75 Å². The smallest absolute Gasteiger partial charge is 0.164 e. The highest BCUT2D eigenvalue weighted by atomic mass is 32.2. The first-order valence-corrected chi connectivity index (χ1v) is 5.72. The third kappa shape index (κ3) is 1.77. The van der Waals surface area contributed by atoms with Crippen LogP contribution in [0.15, 0.2) is 23.1 Å². The standard InChI is InChI=1S/C11H12O2S/c1-2-13-8-3-4-11-9(7-8)10(12)5-6-14-11/h3-4,7H,2,5-6H2,1H3. The van der Waals surface area contributed by atoms with E-state index >= 15 is 0 Å². The van der Waals surface area contributed by atoms with Gasteiger partial charge in [0.25, 0.3) is 0 Å². The number of benzene rings is 1. The van der Waals surface area contributed by atoms with E-state index in [4.69, 9.17) is 4.74 Å². The summed E-state index contributed by atoms with van der Waals surface area (Å²) >= 11 is 1.74. The zero-order chi connectivity index (χ0) is 9.97. The fraction of sp³-hybridized carbons (Fsp3) is 0.364. The minimum absolute atomic E-state index is 0.236. The van der Waals surface area contributed by atoms with Crippen molar-refractivity contribution >= 4 is 17.5 Å². The third-order valence-electron chi connectivity index (χ3n) is 2.15. The normalized spacial score (nSPS) is 15.1. The Balaban J connectivity index is 2.36. The van der Waals surface area contributed by atoms with Gasteiger partial charge in [-0.2, -0.15) is 0 Å². The number of fused-ring (bicyclic) bond motifs is 1. The molecule has 0 radical (unpaired) electrons. The van der Waals surface area contributed by atoms with Gasteiger partial charge < -0.3 is 4.74 Å². The van der Waals surface area contributed by atoms with Crippen molar-refractivity contribution in [1.82, 2.24) is 0 Å². The number of carbonyl (C=O) groups excluding carboxylic acids is 1. The van der Waals surface area contributed by atoms with Gasteiger partial charge in [0.1, 0.15) is 5.75 Å². The second-order valence-electron chi connectivity index (χ2n) is 3.11. The predicted molar refractivity (Wildman–Crippen MR) is 57.3 cm³/mol. The maximum Gasteiger partial charge on any atom is 0.164 e. The maximum absolute atomic E-state index is 11.6. The number of hydrogen-bond donors (Lipinski definition) is 0. The Morgan fingerprint density at radius 3 is 3.14 bits per heavy atom. The summed E-state index contributed by atoms with van der Waals surface area (Å²) < 4.78 is 5.36. The SMILES string of the molecule is CCOc1ccc2c(c1)C(=O)CCS2. The Labute approximate surface area is 87.6 Å². The summed E-state index contributed by atoms with van der Waals surface area (Å²) in [6.45, 7) is 2.58. The van der Waals surface area contributed by atoms with Crippen molar-refractivity contribution in [3.63, 3.8) is 0 Å². The molecule has 14 heavy (non-hydrogen) atoms. The molecule has 74 valence electrons.